The van der Waals surface area contributed by atoms with Crippen molar-refractivity contribution in [1.82, 2.24) is 0 Å². The van der Waals surface area contributed by atoms with Crippen molar-refractivity contribution in [3.05, 3.63) is 48.6 Å². The molecule has 1 aromatic rings. The van der Waals surface area contributed by atoms with Crippen molar-refractivity contribution in [3.8, 4) is 0 Å². The molecule has 0 saturated heterocycles. The fourth-order valence-electron chi connectivity index (χ4n) is 1.23. The molecule has 0 amide bonds. The normalized spacial score (nSPS) is 12.8. The molecule has 18 heavy (non-hydrogen) atoms. The molecule has 0 heterocycles. The van der Waals surface area contributed by atoms with Gasteiger partial charge in [0.05, 0.1) is 0 Å². The molecule has 0 radical (unpaired) electrons. The molecule has 1 rings (SSSR count). The van der Waals surface area contributed by atoms with Crippen molar-refractivity contribution in [2.75, 3.05) is 6.61 Å². The van der Waals surface area contributed by atoms with Crippen molar-refractivity contribution in [1.29, 1.82) is 0 Å². The molecule has 1 aromatic carbocycles. The second kappa shape index (κ2) is 6.49. The summed E-state index contributed by atoms with van der Waals surface area (Å²) in [5, 5.41) is -1.41. The molecule has 98 valence electrons. The van der Waals surface area contributed by atoms with Gasteiger partial charge in [0.1, 0.15) is 11.9 Å². The predicted octanol–water partition coefficient (Wildman–Crippen LogP) is 3.71. The average Bonchev–Trinajstić information content (AvgIpc) is 2.33. The number of esters is 1. The van der Waals surface area contributed by atoms with Gasteiger partial charge in [-0.3, -0.25) is 4.79 Å². The number of thioether (sulfide) groups is 1. The SMILES string of the molecule is C=CCOC(=O)[C@@H](SC(F)(F)F)c1ccccc1. The molecule has 0 bridgehead atoms. The Morgan fingerprint density at radius 1 is 1.39 bits per heavy atom. The van der Waals surface area contributed by atoms with E-state index in [0.717, 1.165) is 0 Å². The number of alkyl halides is 3. The zero-order valence-corrected chi connectivity index (χ0v) is 10.1. The second-order valence-corrected chi connectivity index (χ2v) is 4.44. The van der Waals surface area contributed by atoms with Gasteiger partial charge >= 0.3 is 11.5 Å². The topological polar surface area (TPSA) is 26.3 Å². The lowest BCUT2D eigenvalue weighted by atomic mass is 10.1. The maximum Gasteiger partial charge on any atom is 0.442 e. The number of ether oxygens (including phenoxy) is 1. The third kappa shape index (κ3) is 4.83. The van der Waals surface area contributed by atoms with Crippen LogP contribution in [0.15, 0.2) is 43.0 Å². The molecule has 2 nitrogen and oxygen atoms in total. The summed E-state index contributed by atoms with van der Waals surface area (Å²) in [4.78, 5) is 11.6. The Bertz CT molecular complexity index is 404. The summed E-state index contributed by atoms with van der Waals surface area (Å²) in [5.41, 5.74) is -4.25. The molecule has 0 aliphatic carbocycles. The number of carbonyl (C=O) groups is 1. The summed E-state index contributed by atoms with van der Waals surface area (Å²) in [6.45, 7) is 3.22. The van der Waals surface area contributed by atoms with Crippen LogP contribution in [0.5, 0.6) is 0 Å². The van der Waals surface area contributed by atoms with Gasteiger partial charge in [0.25, 0.3) is 0 Å². The quantitative estimate of drug-likeness (QED) is 0.605. The van der Waals surface area contributed by atoms with Gasteiger partial charge < -0.3 is 4.74 Å². The van der Waals surface area contributed by atoms with Gasteiger partial charge in [-0.15, -0.1) is 0 Å². The van der Waals surface area contributed by atoms with Crippen LogP contribution in [0.1, 0.15) is 10.8 Å². The first-order valence-corrected chi connectivity index (χ1v) is 5.89. The summed E-state index contributed by atoms with van der Waals surface area (Å²) in [6, 6.07) is 7.71. The molecular formula is C12H11F3O2S. The predicted molar refractivity (Wildman–Crippen MR) is 64.0 cm³/mol. The van der Waals surface area contributed by atoms with Gasteiger partial charge in [-0.1, -0.05) is 43.0 Å². The number of rotatable bonds is 5. The van der Waals surface area contributed by atoms with Crippen LogP contribution in [0.25, 0.3) is 0 Å². The lowest BCUT2D eigenvalue weighted by molar-refractivity contribution is -0.142. The van der Waals surface area contributed by atoms with E-state index in [1.807, 2.05) is 0 Å². The lowest BCUT2D eigenvalue weighted by Crippen LogP contribution is -2.17. The van der Waals surface area contributed by atoms with Gasteiger partial charge in [-0.05, 0) is 17.3 Å². The van der Waals surface area contributed by atoms with E-state index in [4.69, 9.17) is 0 Å². The Labute approximate surface area is 107 Å². The van der Waals surface area contributed by atoms with Gasteiger partial charge in [0, 0.05) is 0 Å². The molecule has 0 N–H and O–H groups in total. The lowest BCUT2D eigenvalue weighted by Gasteiger charge is -2.16. The third-order valence-electron chi connectivity index (χ3n) is 1.91. The van der Waals surface area contributed by atoms with Crippen molar-refractivity contribution < 1.29 is 22.7 Å². The molecule has 0 aromatic heterocycles. The molecule has 0 fully saturated rings. The number of hydrogen-bond acceptors (Lipinski definition) is 3. The minimum Gasteiger partial charge on any atom is -0.460 e. The molecule has 0 saturated carbocycles. The van der Waals surface area contributed by atoms with Crippen LogP contribution in [0, 0.1) is 0 Å². The highest BCUT2D eigenvalue weighted by molar-refractivity contribution is 8.01. The monoisotopic (exact) mass is 276 g/mol. The minimum absolute atomic E-state index is 0.111. The first-order chi connectivity index (χ1) is 8.44. The van der Waals surface area contributed by atoms with Crippen LogP contribution in [0.4, 0.5) is 13.2 Å². The van der Waals surface area contributed by atoms with Gasteiger partial charge in [0.15, 0.2) is 0 Å². The Balaban J connectivity index is 2.88. The van der Waals surface area contributed by atoms with Gasteiger partial charge in [-0.2, -0.15) is 13.2 Å². The first kappa shape index (κ1) is 14.6. The van der Waals surface area contributed by atoms with Crippen LogP contribution < -0.4 is 0 Å². The summed E-state index contributed by atoms with van der Waals surface area (Å²) in [6.07, 6.45) is 1.30. The zero-order valence-electron chi connectivity index (χ0n) is 9.31. The van der Waals surface area contributed by atoms with E-state index < -0.39 is 28.5 Å². The van der Waals surface area contributed by atoms with Gasteiger partial charge in [-0.25, -0.2) is 0 Å². The number of hydrogen-bond donors (Lipinski definition) is 0. The Hall–Kier alpha value is -1.43. The maximum atomic E-state index is 12.4. The minimum atomic E-state index is -4.51. The van der Waals surface area contributed by atoms with Crippen LogP contribution >= 0.6 is 11.8 Å². The molecule has 1 atom stereocenters. The summed E-state index contributed by atoms with van der Waals surface area (Å²) in [7, 11) is 0. The van der Waals surface area contributed by atoms with Crippen LogP contribution in [0.2, 0.25) is 0 Å². The second-order valence-electron chi connectivity index (χ2n) is 3.27. The Morgan fingerprint density at radius 3 is 2.50 bits per heavy atom. The van der Waals surface area contributed by atoms with Crippen molar-refractivity contribution >= 4 is 17.7 Å². The van der Waals surface area contributed by atoms with E-state index in [-0.39, 0.29) is 12.2 Å². The summed E-state index contributed by atoms with van der Waals surface area (Å²) < 4.78 is 41.9. The van der Waals surface area contributed by atoms with E-state index in [0.29, 0.717) is 0 Å². The fourth-order valence-corrected chi connectivity index (χ4v) is 1.96. The highest BCUT2D eigenvalue weighted by Gasteiger charge is 2.38. The number of carbonyl (C=O) groups excluding carboxylic acids is 1. The van der Waals surface area contributed by atoms with E-state index in [1.165, 1.54) is 18.2 Å². The maximum absolute atomic E-state index is 12.4. The molecular weight excluding hydrogens is 265 g/mol. The van der Waals surface area contributed by atoms with E-state index in [1.54, 1.807) is 18.2 Å². The first-order valence-electron chi connectivity index (χ1n) is 5.01. The fraction of sp³-hybridized carbons (Fsp3) is 0.250. The van der Waals surface area contributed by atoms with Crippen molar-refractivity contribution in [3.63, 3.8) is 0 Å². The van der Waals surface area contributed by atoms with Crippen molar-refractivity contribution in [2.24, 2.45) is 0 Å². The Morgan fingerprint density at radius 2 is 2.00 bits per heavy atom. The van der Waals surface area contributed by atoms with Crippen LogP contribution in [-0.4, -0.2) is 18.1 Å². The average molecular weight is 276 g/mol. The van der Waals surface area contributed by atoms with Crippen LogP contribution in [-0.2, 0) is 9.53 Å². The van der Waals surface area contributed by atoms with Gasteiger partial charge in [0.2, 0.25) is 0 Å². The third-order valence-corrected chi connectivity index (χ3v) is 2.88. The molecule has 0 unspecified atom stereocenters. The van der Waals surface area contributed by atoms with E-state index >= 15 is 0 Å². The number of benzene rings is 1. The highest BCUT2D eigenvalue weighted by atomic mass is 32.2. The Kier molecular flexibility index (Phi) is 5.27. The molecule has 6 heteroatoms. The summed E-state index contributed by atoms with van der Waals surface area (Å²) >= 11 is -0.395. The molecule has 0 spiro atoms. The highest BCUT2D eigenvalue weighted by Crippen LogP contribution is 2.42. The molecule has 0 aliphatic heterocycles. The standard InChI is InChI=1S/C12H11F3O2S/c1-2-8-17-11(16)10(18-12(13,14)15)9-6-4-3-5-7-9/h2-7,10H,1,8H2/t10-/m0/s1. The summed E-state index contributed by atoms with van der Waals surface area (Å²) in [5.74, 6) is -0.927. The molecule has 0 aliphatic rings. The van der Waals surface area contributed by atoms with E-state index in [9.17, 15) is 18.0 Å². The smallest absolute Gasteiger partial charge is 0.442 e. The van der Waals surface area contributed by atoms with E-state index in [2.05, 4.69) is 11.3 Å². The van der Waals surface area contributed by atoms with Crippen molar-refractivity contribution in [2.45, 2.75) is 10.8 Å². The number of halogens is 3. The van der Waals surface area contributed by atoms with Crippen LogP contribution in [0.3, 0.4) is 0 Å². The zero-order chi connectivity index (χ0) is 13.6. The largest absolute Gasteiger partial charge is 0.460 e.